The summed E-state index contributed by atoms with van der Waals surface area (Å²) >= 11 is 0. The van der Waals surface area contributed by atoms with Crippen molar-refractivity contribution >= 4 is 11.7 Å². The van der Waals surface area contributed by atoms with Crippen LogP contribution in [0.1, 0.15) is 6.04 Å². The molecular formula is C11H19N5O2. The summed E-state index contributed by atoms with van der Waals surface area (Å²) in [5, 5.41) is 13.2. The molecule has 100 valence electrons. The van der Waals surface area contributed by atoms with Crippen LogP contribution >= 0.6 is 0 Å². The molecule has 1 aliphatic rings. The number of hydrogen-bond donors (Lipinski definition) is 3. The fourth-order valence-corrected chi connectivity index (χ4v) is 1.71. The molecule has 7 heteroatoms. The molecule has 18 heavy (non-hydrogen) atoms. The van der Waals surface area contributed by atoms with Gasteiger partial charge in [-0.3, -0.25) is 4.79 Å². The highest BCUT2D eigenvalue weighted by Gasteiger charge is 2.22. The first-order valence-corrected chi connectivity index (χ1v) is 6.05. The number of nitrogens with one attached hydrogen (secondary N) is 3. The Morgan fingerprint density at radius 3 is 3.17 bits per heavy atom. The Morgan fingerprint density at radius 2 is 2.50 bits per heavy atom. The summed E-state index contributed by atoms with van der Waals surface area (Å²) in [7, 11) is 1.63. The average molecular weight is 253 g/mol. The number of nitrogens with zero attached hydrogens (tertiary/aromatic N) is 2. The zero-order chi connectivity index (χ0) is 12.8. The number of hydrogen-bond acceptors (Lipinski definition) is 5. The predicted octanol–water partition coefficient (Wildman–Crippen LogP) is -0.798. The van der Waals surface area contributed by atoms with Crippen molar-refractivity contribution < 1.29 is 9.53 Å². The van der Waals surface area contributed by atoms with Gasteiger partial charge in [0.15, 0.2) is 0 Å². The van der Waals surface area contributed by atoms with E-state index in [0.717, 1.165) is 18.9 Å². The number of rotatable bonds is 7. The van der Waals surface area contributed by atoms with Gasteiger partial charge >= 0.3 is 0 Å². The Kier molecular flexibility index (Phi) is 4.68. The molecule has 2 heterocycles. The van der Waals surface area contributed by atoms with Gasteiger partial charge in [0.1, 0.15) is 5.82 Å². The second-order valence-corrected chi connectivity index (χ2v) is 4.19. The summed E-state index contributed by atoms with van der Waals surface area (Å²) < 4.78 is 6.74. The highest BCUT2D eigenvalue weighted by Crippen LogP contribution is 2.16. The molecule has 2 rings (SSSR count). The summed E-state index contributed by atoms with van der Waals surface area (Å²) in [6.45, 7) is 3.33. The number of methoxy groups -OCH3 is 1. The molecule has 1 fully saturated rings. The lowest BCUT2D eigenvalue weighted by atomic mass is 10.2. The molecule has 0 atom stereocenters. The Morgan fingerprint density at radius 1 is 1.67 bits per heavy atom. The van der Waals surface area contributed by atoms with E-state index in [1.165, 1.54) is 0 Å². The van der Waals surface area contributed by atoms with Crippen molar-refractivity contribution in [2.24, 2.45) is 0 Å². The van der Waals surface area contributed by atoms with Gasteiger partial charge in [-0.25, -0.2) is 4.68 Å². The second kappa shape index (κ2) is 6.48. The van der Waals surface area contributed by atoms with Crippen LogP contribution in [0.5, 0.6) is 0 Å². The number of amides is 1. The maximum atomic E-state index is 11.7. The highest BCUT2D eigenvalue weighted by molar-refractivity contribution is 5.91. The van der Waals surface area contributed by atoms with Crippen molar-refractivity contribution in [3.05, 3.63) is 12.3 Å². The van der Waals surface area contributed by atoms with Crippen molar-refractivity contribution in [1.29, 1.82) is 0 Å². The Labute approximate surface area is 106 Å². The van der Waals surface area contributed by atoms with Crippen LogP contribution in [0, 0.1) is 0 Å². The van der Waals surface area contributed by atoms with E-state index in [4.69, 9.17) is 4.74 Å². The van der Waals surface area contributed by atoms with E-state index >= 15 is 0 Å². The number of ether oxygens (including phenoxy) is 1. The first-order valence-electron chi connectivity index (χ1n) is 6.05. The van der Waals surface area contributed by atoms with Gasteiger partial charge in [0, 0.05) is 32.8 Å². The zero-order valence-corrected chi connectivity index (χ0v) is 10.5. The van der Waals surface area contributed by atoms with Crippen LogP contribution in [-0.4, -0.2) is 55.6 Å². The molecule has 7 nitrogen and oxygen atoms in total. The summed E-state index contributed by atoms with van der Waals surface area (Å²) in [5.74, 6) is 0.681. The largest absolute Gasteiger partial charge is 0.383 e. The van der Waals surface area contributed by atoms with Gasteiger partial charge in [-0.2, -0.15) is 5.10 Å². The van der Waals surface area contributed by atoms with E-state index in [1.54, 1.807) is 13.3 Å². The minimum atomic E-state index is -0.0693. The Balaban J connectivity index is 1.78. The van der Waals surface area contributed by atoms with Gasteiger partial charge in [-0.05, 0) is 0 Å². The van der Waals surface area contributed by atoms with Crippen LogP contribution in [0.3, 0.4) is 0 Å². The molecule has 0 saturated carbocycles. The van der Waals surface area contributed by atoms with Crippen LogP contribution in [0.25, 0.3) is 0 Å². The van der Waals surface area contributed by atoms with Gasteiger partial charge in [-0.15, -0.1) is 0 Å². The minimum absolute atomic E-state index is 0.0693. The van der Waals surface area contributed by atoms with Crippen LogP contribution < -0.4 is 16.0 Å². The van der Waals surface area contributed by atoms with E-state index in [1.807, 2.05) is 10.7 Å². The Hall–Kier alpha value is -1.44. The molecule has 1 aromatic heterocycles. The molecule has 1 aromatic rings. The lowest BCUT2D eigenvalue weighted by Gasteiger charge is -2.28. The van der Waals surface area contributed by atoms with Crippen molar-refractivity contribution in [2.75, 3.05) is 45.2 Å². The maximum Gasteiger partial charge on any atom is 0.239 e. The third kappa shape index (κ3) is 3.28. The number of anilines is 1. The maximum absolute atomic E-state index is 11.7. The molecule has 0 aromatic carbocycles. The third-order valence-electron chi connectivity index (χ3n) is 2.81. The summed E-state index contributed by atoms with van der Waals surface area (Å²) in [5.41, 5.74) is 0. The fraction of sp³-hybridized carbons (Fsp3) is 0.636. The van der Waals surface area contributed by atoms with E-state index in [9.17, 15) is 4.79 Å². The lowest BCUT2D eigenvalue weighted by molar-refractivity contribution is -0.115. The van der Waals surface area contributed by atoms with Crippen LogP contribution in [0.15, 0.2) is 12.3 Å². The lowest BCUT2D eigenvalue weighted by Crippen LogP contribution is -2.44. The number of aromatic nitrogens is 2. The van der Waals surface area contributed by atoms with Crippen molar-refractivity contribution in [3.63, 3.8) is 0 Å². The van der Waals surface area contributed by atoms with E-state index in [-0.39, 0.29) is 12.5 Å². The molecule has 1 amide bonds. The summed E-state index contributed by atoms with van der Waals surface area (Å²) in [6, 6.07) is 2.16. The second-order valence-electron chi connectivity index (χ2n) is 4.19. The standard InChI is InChI=1S/C11H19N5O2/c1-18-5-4-12-8-11(17)15-10-2-3-14-16(10)9-6-13-7-9/h2-3,9,12-13H,4-8H2,1H3,(H,15,17). The molecule has 0 spiro atoms. The van der Waals surface area contributed by atoms with Crippen LogP contribution in [0.2, 0.25) is 0 Å². The molecule has 1 aliphatic heterocycles. The van der Waals surface area contributed by atoms with Crippen LogP contribution in [0.4, 0.5) is 5.82 Å². The third-order valence-corrected chi connectivity index (χ3v) is 2.81. The molecule has 0 radical (unpaired) electrons. The van der Waals surface area contributed by atoms with E-state index in [2.05, 4.69) is 21.0 Å². The highest BCUT2D eigenvalue weighted by atomic mass is 16.5. The number of carbonyl (C=O) groups is 1. The molecule has 0 aliphatic carbocycles. The van der Waals surface area contributed by atoms with Crippen molar-refractivity contribution in [2.45, 2.75) is 6.04 Å². The topological polar surface area (TPSA) is 80.2 Å². The van der Waals surface area contributed by atoms with Gasteiger partial charge < -0.3 is 20.7 Å². The van der Waals surface area contributed by atoms with E-state index < -0.39 is 0 Å². The molecule has 3 N–H and O–H groups in total. The minimum Gasteiger partial charge on any atom is -0.383 e. The molecule has 1 saturated heterocycles. The van der Waals surface area contributed by atoms with Crippen LogP contribution in [-0.2, 0) is 9.53 Å². The summed E-state index contributed by atoms with van der Waals surface area (Å²) in [6.07, 6.45) is 1.70. The fourth-order valence-electron chi connectivity index (χ4n) is 1.71. The molecular weight excluding hydrogens is 234 g/mol. The van der Waals surface area contributed by atoms with Gasteiger partial charge in [-0.1, -0.05) is 0 Å². The average Bonchev–Trinajstić information content (AvgIpc) is 2.71. The first kappa shape index (κ1) is 13.0. The number of carbonyl (C=O) groups excluding carboxylic acids is 1. The SMILES string of the molecule is COCCNCC(=O)Nc1ccnn1C1CNC1. The van der Waals surface area contributed by atoms with Crippen molar-refractivity contribution in [3.8, 4) is 0 Å². The van der Waals surface area contributed by atoms with Gasteiger partial charge in [0.05, 0.1) is 25.4 Å². The van der Waals surface area contributed by atoms with E-state index in [0.29, 0.717) is 19.2 Å². The van der Waals surface area contributed by atoms with Gasteiger partial charge in [0.2, 0.25) is 5.91 Å². The smallest absolute Gasteiger partial charge is 0.239 e. The Bertz CT molecular complexity index is 389. The quantitative estimate of drug-likeness (QED) is 0.555. The van der Waals surface area contributed by atoms with Crippen molar-refractivity contribution in [1.82, 2.24) is 20.4 Å². The first-order chi connectivity index (χ1) is 8.81. The summed E-state index contributed by atoms with van der Waals surface area (Å²) in [4.78, 5) is 11.7. The normalized spacial score (nSPS) is 15.4. The molecule has 0 unspecified atom stereocenters. The monoisotopic (exact) mass is 253 g/mol. The molecule has 0 bridgehead atoms. The zero-order valence-electron chi connectivity index (χ0n) is 10.5. The van der Waals surface area contributed by atoms with Gasteiger partial charge in [0.25, 0.3) is 0 Å². The predicted molar refractivity (Wildman–Crippen MR) is 67.5 cm³/mol.